The Morgan fingerprint density at radius 2 is 2.26 bits per heavy atom. The molecular weight excluding hydrogens is 247 g/mol. The number of benzene rings is 1. The summed E-state index contributed by atoms with van der Waals surface area (Å²) >= 11 is 0. The Kier molecular flexibility index (Phi) is 4.52. The van der Waals surface area contributed by atoms with E-state index in [1.165, 1.54) is 12.3 Å². The zero-order chi connectivity index (χ0) is 13.7. The van der Waals surface area contributed by atoms with Gasteiger partial charge in [-0.1, -0.05) is 18.1 Å². The van der Waals surface area contributed by atoms with Gasteiger partial charge in [0.25, 0.3) is 0 Å². The van der Waals surface area contributed by atoms with Crippen molar-refractivity contribution in [2.75, 3.05) is 0 Å². The lowest BCUT2D eigenvalue weighted by molar-refractivity contribution is 0.240. The molecule has 0 bridgehead atoms. The fourth-order valence-electron chi connectivity index (χ4n) is 1.70. The van der Waals surface area contributed by atoms with Crippen molar-refractivity contribution < 1.29 is 13.7 Å². The van der Waals surface area contributed by atoms with Gasteiger partial charge in [-0.15, -0.1) is 0 Å². The van der Waals surface area contributed by atoms with Crippen molar-refractivity contribution in [3.8, 4) is 5.75 Å². The van der Waals surface area contributed by atoms with Gasteiger partial charge >= 0.3 is 0 Å². The lowest BCUT2D eigenvalue weighted by Gasteiger charge is -2.10. The molecule has 2 N–H and O–H groups in total. The van der Waals surface area contributed by atoms with Gasteiger partial charge in [-0.25, -0.2) is 4.39 Å². The Labute approximate surface area is 111 Å². The minimum atomic E-state index is -0.389. The van der Waals surface area contributed by atoms with Gasteiger partial charge in [-0.3, -0.25) is 0 Å². The van der Waals surface area contributed by atoms with E-state index in [1.807, 2.05) is 13.0 Å². The first-order chi connectivity index (χ1) is 9.19. The number of nitrogens with zero attached hydrogens (tertiary/aromatic N) is 1. The highest BCUT2D eigenvalue weighted by molar-refractivity contribution is 5.30. The molecule has 2 rings (SSSR count). The van der Waals surface area contributed by atoms with Gasteiger partial charge in [0, 0.05) is 12.1 Å². The molecule has 0 amide bonds. The van der Waals surface area contributed by atoms with Crippen LogP contribution in [-0.4, -0.2) is 11.2 Å². The standard InChI is InChI=1S/C14H17FN2O2/c1-2-11(16)7-10-3-4-14(13(15)8-10)18-9-12-5-6-17-19-12/h3-6,8,11H,2,7,9,16H2,1H3. The summed E-state index contributed by atoms with van der Waals surface area (Å²) in [5.41, 5.74) is 6.72. The number of nitrogens with two attached hydrogens (primary N) is 1. The summed E-state index contributed by atoms with van der Waals surface area (Å²) in [6, 6.07) is 6.63. The predicted octanol–water partition coefficient (Wildman–Crippen LogP) is 2.67. The molecular formula is C14H17FN2O2. The van der Waals surface area contributed by atoms with Crippen LogP contribution in [0, 0.1) is 5.82 Å². The highest BCUT2D eigenvalue weighted by Gasteiger charge is 2.08. The SMILES string of the molecule is CCC(N)Cc1ccc(OCc2ccno2)c(F)c1. The second-order valence-electron chi connectivity index (χ2n) is 4.40. The molecule has 0 radical (unpaired) electrons. The molecule has 0 aliphatic carbocycles. The lowest BCUT2D eigenvalue weighted by atomic mass is 10.0. The topological polar surface area (TPSA) is 61.3 Å². The summed E-state index contributed by atoms with van der Waals surface area (Å²) in [5.74, 6) is 0.363. The molecule has 1 unspecified atom stereocenters. The minimum Gasteiger partial charge on any atom is -0.482 e. The maximum absolute atomic E-state index is 13.8. The molecule has 0 saturated heterocycles. The fraction of sp³-hybridized carbons (Fsp3) is 0.357. The third-order valence-corrected chi connectivity index (χ3v) is 2.88. The molecule has 102 valence electrons. The van der Waals surface area contributed by atoms with Crippen LogP contribution in [0.4, 0.5) is 4.39 Å². The van der Waals surface area contributed by atoms with Crippen molar-refractivity contribution in [2.45, 2.75) is 32.4 Å². The lowest BCUT2D eigenvalue weighted by Crippen LogP contribution is -2.21. The van der Waals surface area contributed by atoms with E-state index in [1.54, 1.807) is 12.1 Å². The molecule has 0 spiro atoms. The van der Waals surface area contributed by atoms with E-state index < -0.39 is 0 Å². The van der Waals surface area contributed by atoms with E-state index in [0.29, 0.717) is 12.2 Å². The number of rotatable bonds is 6. The third kappa shape index (κ3) is 3.79. The summed E-state index contributed by atoms with van der Waals surface area (Å²) < 4.78 is 24.0. The molecule has 5 heteroatoms. The number of halogens is 1. The first-order valence-corrected chi connectivity index (χ1v) is 6.25. The molecule has 0 aliphatic heterocycles. The van der Waals surface area contributed by atoms with Crippen LogP contribution in [0.2, 0.25) is 0 Å². The number of hydrogen-bond acceptors (Lipinski definition) is 4. The van der Waals surface area contributed by atoms with E-state index in [9.17, 15) is 4.39 Å². The largest absolute Gasteiger partial charge is 0.482 e. The van der Waals surface area contributed by atoms with Gasteiger partial charge in [0.15, 0.2) is 17.3 Å². The average Bonchev–Trinajstić information content (AvgIpc) is 2.91. The van der Waals surface area contributed by atoms with Crippen molar-refractivity contribution in [1.29, 1.82) is 0 Å². The quantitative estimate of drug-likeness (QED) is 0.871. The summed E-state index contributed by atoms with van der Waals surface area (Å²) in [5, 5.41) is 3.55. The average molecular weight is 264 g/mol. The molecule has 4 nitrogen and oxygen atoms in total. The molecule has 0 fully saturated rings. The Morgan fingerprint density at radius 3 is 2.89 bits per heavy atom. The molecule has 1 aromatic carbocycles. The predicted molar refractivity (Wildman–Crippen MR) is 69.2 cm³/mol. The van der Waals surface area contributed by atoms with Crippen LogP contribution in [-0.2, 0) is 13.0 Å². The first kappa shape index (κ1) is 13.5. The van der Waals surface area contributed by atoms with Crippen LogP contribution in [0.3, 0.4) is 0 Å². The fourth-order valence-corrected chi connectivity index (χ4v) is 1.70. The molecule has 1 aromatic heterocycles. The molecule has 0 saturated carbocycles. The number of hydrogen-bond donors (Lipinski definition) is 1. The van der Waals surface area contributed by atoms with Gasteiger partial charge in [0.1, 0.15) is 6.61 Å². The van der Waals surface area contributed by atoms with Gasteiger partial charge in [-0.05, 0) is 30.5 Å². The number of ether oxygens (including phenoxy) is 1. The summed E-state index contributed by atoms with van der Waals surface area (Å²) in [7, 11) is 0. The molecule has 2 aromatic rings. The van der Waals surface area contributed by atoms with Crippen LogP contribution in [0.15, 0.2) is 35.0 Å². The number of aromatic nitrogens is 1. The minimum absolute atomic E-state index is 0.0559. The Hall–Kier alpha value is -1.88. The van der Waals surface area contributed by atoms with Crippen molar-refractivity contribution >= 4 is 0 Å². The first-order valence-electron chi connectivity index (χ1n) is 6.25. The van der Waals surface area contributed by atoms with Crippen LogP contribution in [0.1, 0.15) is 24.7 Å². The van der Waals surface area contributed by atoms with Gasteiger partial charge in [-0.2, -0.15) is 0 Å². The summed E-state index contributed by atoms with van der Waals surface area (Å²) in [6.07, 6.45) is 3.05. The molecule has 1 heterocycles. The summed E-state index contributed by atoms with van der Waals surface area (Å²) in [6.45, 7) is 2.17. The van der Waals surface area contributed by atoms with E-state index in [0.717, 1.165) is 12.0 Å². The zero-order valence-corrected chi connectivity index (χ0v) is 10.8. The van der Waals surface area contributed by atoms with Gasteiger partial charge < -0.3 is 15.0 Å². The summed E-state index contributed by atoms with van der Waals surface area (Å²) in [4.78, 5) is 0. The van der Waals surface area contributed by atoms with Crippen LogP contribution in [0.25, 0.3) is 0 Å². The Balaban J connectivity index is 1.98. The maximum atomic E-state index is 13.8. The molecule has 1 atom stereocenters. The zero-order valence-electron chi connectivity index (χ0n) is 10.8. The molecule has 19 heavy (non-hydrogen) atoms. The Morgan fingerprint density at radius 1 is 1.42 bits per heavy atom. The van der Waals surface area contributed by atoms with Crippen LogP contribution >= 0.6 is 0 Å². The van der Waals surface area contributed by atoms with Crippen LogP contribution < -0.4 is 10.5 Å². The highest BCUT2D eigenvalue weighted by atomic mass is 19.1. The van der Waals surface area contributed by atoms with E-state index >= 15 is 0 Å². The van der Waals surface area contributed by atoms with Crippen molar-refractivity contribution in [2.24, 2.45) is 5.73 Å². The monoisotopic (exact) mass is 264 g/mol. The van der Waals surface area contributed by atoms with E-state index in [2.05, 4.69) is 5.16 Å². The third-order valence-electron chi connectivity index (χ3n) is 2.88. The van der Waals surface area contributed by atoms with E-state index in [4.69, 9.17) is 15.0 Å². The highest BCUT2D eigenvalue weighted by Crippen LogP contribution is 2.20. The molecule has 0 aliphatic rings. The second-order valence-corrected chi connectivity index (χ2v) is 4.40. The van der Waals surface area contributed by atoms with Crippen molar-refractivity contribution in [3.63, 3.8) is 0 Å². The van der Waals surface area contributed by atoms with Crippen LogP contribution in [0.5, 0.6) is 5.75 Å². The van der Waals surface area contributed by atoms with E-state index in [-0.39, 0.29) is 24.2 Å². The Bertz CT molecular complexity index is 514. The normalized spacial score (nSPS) is 12.4. The second kappa shape index (κ2) is 6.33. The van der Waals surface area contributed by atoms with Crippen molar-refractivity contribution in [1.82, 2.24) is 5.16 Å². The van der Waals surface area contributed by atoms with Gasteiger partial charge in [0.2, 0.25) is 0 Å². The van der Waals surface area contributed by atoms with Gasteiger partial charge in [0.05, 0.1) is 6.20 Å². The maximum Gasteiger partial charge on any atom is 0.174 e. The smallest absolute Gasteiger partial charge is 0.174 e. The van der Waals surface area contributed by atoms with Crippen molar-refractivity contribution in [3.05, 3.63) is 47.6 Å².